The van der Waals surface area contributed by atoms with Crippen LogP contribution in [0.2, 0.25) is 0 Å². The van der Waals surface area contributed by atoms with Gasteiger partial charge in [-0.2, -0.15) is 0 Å². The number of halogens is 1. The molecule has 3 rings (SSSR count). The number of nitrogens with two attached hydrogens (primary N) is 1. The van der Waals surface area contributed by atoms with Gasteiger partial charge in [0, 0.05) is 13.1 Å². The summed E-state index contributed by atoms with van der Waals surface area (Å²) in [6, 6.07) is 15.9. The second-order valence-electron chi connectivity index (χ2n) is 7.23. The zero-order valence-electron chi connectivity index (χ0n) is 18.0. The molecule has 1 atom stereocenters. The molecule has 1 aliphatic heterocycles. The van der Waals surface area contributed by atoms with Crippen LogP contribution in [-0.4, -0.2) is 49.6 Å². The van der Waals surface area contributed by atoms with Crippen LogP contribution in [-0.2, 0) is 16.1 Å². The highest BCUT2D eigenvalue weighted by Crippen LogP contribution is 2.25. The summed E-state index contributed by atoms with van der Waals surface area (Å²) in [6.45, 7) is 7.52. The van der Waals surface area contributed by atoms with Crippen LogP contribution in [0.15, 0.2) is 53.5 Å². The minimum atomic E-state index is -0.497. The van der Waals surface area contributed by atoms with Crippen molar-refractivity contribution >= 4 is 35.8 Å². The molecule has 7 nitrogen and oxygen atoms in total. The molecule has 31 heavy (non-hydrogen) atoms. The number of aryl methyl sites for hydroxylation is 1. The Hall–Kier alpha value is -2.33. The number of guanidine groups is 1. The van der Waals surface area contributed by atoms with Gasteiger partial charge in [-0.25, -0.2) is 4.99 Å². The van der Waals surface area contributed by atoms with Gasteiger partial charge in [0.15, 0.2) is 12.6 Å². The van der Waals surface area contributed by atoms with Crippen LogP contribution in [0.3, 0.4) is 0 Å². The summed E-state index contributed by atoms with van der Waals surface area (Å²) in [4.78, 5) is 18.0. The lowest BCUT2D eigenvalue weighted by molar-refractivity contribution is -0.119. The number of primary amides is 1. The molecule has 1 saturated heterocycles. The van der Waals surface area contributed by atoms with Crippen LogP contribution >= 0.6 is 24.0 Å². The highest BCUT2D eigenvalue weighted by Gasteiger charge is 2.25. The molecular weight excluding hydrogens is 507 g/mol. The fourth-order valence-corrected chi connectivity index (χ4v) is 3.46. The smallest absolute Gasteiger partial charge is 0.255 e. The zero-order valence-corrected chi connectivity index (χ0v) is 20.4. The third-order valence-electron chi connectivity index (χ3n) is 4.93. The Morgan fingerprint density at radius 1 is 1.29 bits per heavy atom. The summed E-state index contributed by atoms with van der Waals surface area (Å²) in [5.41, 5.74) is 8.60. The minimum absolute atomic E-state index is 0. The van der Waals surface area contributed by atoms with Crippen LogP contribution in [0.5, 0.6) is 5.75 Å². The number of carbonyl (C=O) groups is 1. The Morgan fingerprint density at radius 3 is 2.84 bits per heavy atom. The molecule has 1 heterocycles. The van der Waals surface area contributed by atoms with Gasteiger partial charge in [0.1, 0.15) is 11.9 Å². The number of aliphatic imine (C=N–C) groups is 1. The molecule has 1 unspecified atom stereocenters. The van der Waals surface area contributed by atoms with E-state index in [0.29, 0.717) is 18.9 Å². The molecule has 3 N–H and O–H groups in total. The molecule has 168 valence electrons. The van der Waals surface area contributed by atoms with Crippen molar-refractivity contribution in [2.75, 3.05) is 32.8 Å². The largest absolute Gasteiger partial charge is 0.484 e. The molecule has 0 radical (unpaired) electrons. The van der Waals surface area contributed by atoms with E-state index in [-0.39, 0.29) is 36.7 Å². The summed E-state index contributed by atoms with van der Waals surface area (Å²) in [5, 5.41) is 3.39. The number of nitrogens with one attached hydrogen (secondary N) is 1. The first-order valence-electron chi connectivity index (χ1n) is 10.3. The number of nitrogens with zero attached hydrogens (tertiary/aromatic N) is 2. The third kappa shape index (κ3) is 7.39. The van der Waals surface area contributed by atoms with Crippen LogP contribution in [0.4, 0.5) is 0 Å². The fraction of sp³-hybridized carbons (Fsp3) is 0.391. The molecule has 1 fully saturated rings. The van der Waals surface area contributed by atoms with E-state index < -0.39 is 5.91 Å². The second-order valence-corrected chi connectivity index (χ2v) is 7.23. The fourth-order valence-electron chi connectivity index (χ4n) is 3.46. The summed E-state index contributed by atoms with van der Waals surface area (Å²) < 4.78 is 11.4. The Morgan fingerprint density at radius 2 is 2.10 bits per heavy atom. The number of hydrogen-bond donors (Lipinski definition) is 2. The SMILES string of the molecule is CCNC(=NCc1cccc(OCC(N)=O)c1)N1CCOC(c2ccccc2C)C1.I. The first-order chi connectivity index (χ1) is 14.6. The summed E-state index contributed by atoms with van der Waals surface area (Å²) >= 11 is 0. The minimum Gasteiger partial charge on any atom is -0.484 e. The van der Waals surface area contributed by atoms with Crippen LogP contribution in [0, 0.1) is 6.92 Å². The molecule has 0 bridgehead atoms. The maximum Gasteiger partial charge on any atom is 0.255 e. The highest BCUT2D eigenvalue weighted by atomic mass is 127. The maximum atomic E-state index is 10.9. The van der Waals surface area contributed by atoms with Crippen molar-refractivity contribution in [3.05, 3.63) is 65.2 Å². The van der Waals surface area contributed by atoms with Gasteiger partial charge < -0.3 is 25.4 Å². The number of morpholine rings is 1. The average Bonchev–Trinajstić information content (AvgIpc) is 2.76. The number of carbonyl (C=O) groups excluding carboxylic acids is 1. The summed E-state index contributed by atoms with van der Waals surface area (Å²) in [7, 11) is 0. The van der Waals surface area contributed by atoms with E-state index in [1.54, 1.807) is 6.07 Å². The normalized spacial score (nSPS) is 16.4. The van der Waals surface area contributed by atoms with Gasteiger partial charge >= 0.3 is 0 Å². The van der Waals surface area contributed by atoms with E-state index >= 15 is 0 Å². The first kappa shape index (κ1) is 24.9. The topological polar surface area (TPSA) is 89.2 Å². The van der Waals surface area contributed by atoms with Gasteiger partial charge in [-0.15, -0.1) is 24.0 Å². The molecule has 0 saturated carbocycles. The monoisotopic (exact) mass is 538 g/mol. The second kappa shape index (κ2) is 12.5. The molecule has 1 aliphatic rings. The molecule has 1 amide bonds. The lowest BCUT2D eigenvalue weighted by atomic mass is 10.0. The lowest BCUT2D eigenvalue weighted by Crippen LogP contribution is -2.48. The molecule has 8 heteroatoms. The Bertz CT molecular complexity index is 891. The summed E-state index contributed by atoms with van der Waals surface area (Å²) in [5.74, 6) is 0.976. The van der Waals surface area contributed by atoms with Crippen molar-refractivity contribution < 1.29 is 14.3 Å². The van der Waals surface area contributed by atoms with Crippen LogP contribution < -0.4 is 15.8 Å². The van der Waals surface area contributed by atoms with Crippen molar-refractivity contribution in [1.82, 2.24) is 10.2 Å². The lowest BCUT2D eigenvalue weighted by Gasteiger charge is -2.35. The standard InChI is InChI=1S/C23H30N4O3.HI/c1-3-25-23(26-14-18-8-6-9-19(13-18)30-16-22(24)28)27-11-12-29-21(15-27)20-10-5-4-7-17(20)2;/h4-10,13,21H,3,11-12,14-16H2,1-2H3,(H2,24,28)(H,25,26);1H. The van der Waals surface area contributed by atoms with E-state index in [1.165, 1.54) is 11.1 Å². The number of amides is 1. The third-order valence-corrected chi connectivity index (χ3v) is 4.93. The zero-order chi connectivity index (χ0) is 21.3. The first-order valence-corrected chi connectivity index (χ1v) is 10.3. The quantitative estimate of drug-likeness (QED) is 0.322. The Labute approximate surface area is 201 Å². The number of hydrogen-bond acceptors (Lipinski definition) is 4. The van der Waals surface area contributed by atoms with E-state index in [0.717, 1.165) is 31.2 Å². The van der Waals surface area contributed by atoms with Gasteiger partial charge in [0.25, 0.3) is 5.91 Å². The average molecular weight is 538 g/mol. The molecule has 2 aromatic rings. The van der Waals surface area contributed by atoms with Crippen molar-refractivity contribution in [1.29, 1.82) is 0 Å². The molecule has 2 aromatic carbocycles. The van der Waals surface area contributed by atoms with E-state index in [1.807, 2.05) is 24.3 Å². The molecule has 0 aliphatic carbocycles. The van der Waals surface area contributed by atoms with Gasteiger partial charge in [-0.3, -0.25) is 4.79 Å². The predicted molar refractivity (Wildman–Crippen MR) is 133 cm³/mol. The van der Waals surface area contributed by atoms with Crippen LogP contribution in [0.1, 0.15) is 29.7 Å². The van der Waals surface area contributed by atoms with E-state index in [9.17, 15) is 4.79 Å². The maximum absolute atomic E-state index is 10.9. The van der Waals surface area contributed by atoms with Gasteiger partial charge in [-0.05, 0) is 42.7 Å². The van der Waals surface area contributed by atoms with Crippen molar-refractivity contribution in [2.24, 2.45) is 10.7 Å². The van der Waals surface area contributed by atoms with Crippen molar-refractivity contribution in [3.63, 3.8) is 0 Å². The number of ether oxygens (including phenoxy) is 2. The summed E-state index contributed by atoms with van der Waals surface area (Å²) in [6.07, 6.45) is 0.0225. The number of benzene rings is 2. The van der Waals surface area contributed by atoms with Crippen molar-refractivity contribution in [2.45, 2.75) is 26.5 Å². The Kier molecular flexibility index (Phi) is 10.1. The highest BCUT2D eigenvalue weighted by molar-refractivity contribution is 14.0. The molecule has 0 spiro atoms. The van der Waals surface area contributed by atoms with Crippen molar-refractivity contribution in [3.8, 4) is 5.75 Å². The van der Waals surface area contributed by atoms with E-state index in [4.69, 9.17) is 20.2 Å². The van der Waals surface area contributed by atoms with Gasteiger partial charge in [-0.1, -0.05) is 36.4 Å². The van der Waals surface area contributed by atoms with Gasteiger partial charge in [0.2, 0.25) is 0 Å². The van der Waals surface area contributed by atoms with Crippen LogP contribution in [0.25, 0.3) is 0 Å². The van der Waals surface area contributed by atoms with Gasteiger partial charge in [0.05, 0.1) is 19.7 Å². The Balaban J connectivity index is 0.00000341. The molecular formula is C23H31IN4O3. The van der Waals surface area contributed by atoms with E-state index in [2.05, 4.69) is 42.3 Å². The predicted octanol–water partition coefficient (Wildman–Crippen LogP) is 3.02. The number of rotatable bonds is 7. The molecule has 0 aromatic heterocycles.